The lowest BCUT2D eigenvalue weighted by atomic mass is 10.1. The van der Waals surface area contributed by atoms with E-state index in [-0.39, 0.29) is 27.9 Å². The zero-order valence-electron chi connectivity index (χ0n) is 18.4. The molecule has 3 aromatic rings. The average molecular weight is 547 g/mol. The molecule has 0 aliphatic carbocycles. The Morgan fingerprint density at radius 2 is 1.49 bits per heavy atom. The fraction of sp³-hybridized carbons (Fsp3) is 0.154. The van der Waals surface area contributed by atoms with E-state index < -0.39 is 29.6 Å². The predicted octanol–water partition coefficient (Wildman–Crippen LogP) is 4.92. The van der Waals surface area contributed by atoms with Crippen molar-refractivity contribution in [3.63, 3.8) is 0 Å². The second-order valence-electron chi connectivity index (χ2n) is 7.63. The van der Waals surface area contributed by atoms with Crippen LogP contribution < -0.4 is 10.6 Å². The molecule has 0 spiro atoms. The highest BCUT2D eigenvalue weighted by Crippen LogP contribution is 2.33. The maximum atomic E-state index is 13.2. The summed E-state index contributed by atoms with van der Waals surface area (Å²) in [5.41, 5.74) is -0.0298. The van der Waals surface area contributed by atoms with Crippen LogP contribution in [0.5, 0.6) is 0 Å². The van der Waals surface area contributed by atoms with Crippen molar-refractivity contribution in [3.8, 4) is 0 Å². The lowest BCUT2D eigenvalue weighted by Crippen LogP contribution is -2.43. The van der Waals surface area contributed by atoms with Crippen molar-refractivity contribution in [2.24, 2.45) is 0 Å². The van der Waals surface area contributed by atoms with Gasteiger partial charge in [-0.2, -0.15) is 13.2 Å². The highest BCUT2D eigenvalue weighted by Gasteiger charge is 2.31. The Morgan fingerprint density at radius 1 is 0.886 bits per heavy atom. The summed E-state index contributed by atoms with van der Waals surface area (Å²) in [6.45, 7) is -0.387. The van der Waals surface area contributed by atoms with Gasteiger partial charge in [-0.05, 0) is 57.7 Å². The number of hydrogen-bond donors (Lipinski definition) is 3. The molecule has 182 valence electrons. The van der Waals surface area contributed by atoms with E-state index in [1.54, 1.807) is 18.2 Å². The van der Waals surface area contributed by atoms with Gasteiger partial charge in [-0.15, -0.1) is 0 Å². The van der Waals surface area contributed by atoms with Crippen LogP contribution in [0.2, 0.25) is 0 Å². The Hall–Kier alpha value is -3.43. The van der Waals surface area contributed by atoms with E-state index in [1.165, 1.54) is 24.3 Å². The van der Waals surface area contributed by atoms with Crippen LogP contribution in [-0.2, 0) is 17.4 Å². The van der Waals surface area contributed by atoms with Crippen LogP contribution in [0.25, 0.3) is 4.48 Å². The van der Waals surface area contributed by atoms with Gasteiger partial charge in [-0.25, -0.2) is 0 Å². The number of amides is 2. The largest absolute Gasteiger partial charge is 0.416 e. The van der Waals surface area contributed by atoms with E-state index in [2.05, 4.69) is 26.6 Å². The summed E-state index contributed by atoms with van der Waals surface area (Å²) in [6.07, 6.45) is -4.28. The molecular weight excluding hydrogens is 525 g/mol. The number of carbonyl (C=O) groups excluding carboxylic acids is 2. The van der Waals surface area contributed by atoms with Crippen LogP contribution in [0.3, 0.4) is 0 Å². The summed E-state index contributed by atoms with van der Waals surface area (Å²) < 4.78 is 39.7. The van der Waals surface area contributed by atoms with Gasteiger partial charge in [-0.1, -0.05) is 60.7 Å². The Bertz CT molecular complexity index is 1200. The van der Waals surface area contributed by atoms with Gasteiger partial charge in [0.25, 0.3) is 11.8 Å². The summed E-state index contributed by atoms with van der Waals surface area (Å²) in [5.74, 6) is -1.39. The molecule has 0 aliphatic rings. The Morgan fingerprint density at radius 3 is 2.09 bits per heavy atom. The van der Waals surface area contributed by atoms with E-state index in [1.807, 2.05) is 30.3 Å². The summed E-state index contributed by atoms with van der Waals surface area (Å²) in [4.78, 5) is 26.0. The number of aliphatic hydroxyl groups excluding tert-OH is 1. The second kappa shape index (κ2) is 11.8. The van der Waals surface area contributed by atoms with Gasteiger partial charge in [0.1, 0.15) is 5.70 Å². The van der Waals surface area contributed by atoms with Crippen molar-refractivity contribution in [3.05, 3.63) is 113 Å². The molecule has 3 aromatic carbocycles. The van der Waals surface area contributed by atoms with Gasteiger partial charge < -0.3 is 15.7 Å². The third-order valence-corrected chi connectivity index (χ3v) is 5.90. The zero-order valence-corrected chi connectivity index (χ0v) is 19.9. The molecule has 0 heterocycles. The highest BCUT2D eigenvalue weighted by atomic mass is 79.9. The number of aliphatic hydroxyl groups is 1. The fourth-order valence-electron chi connectivity index (χ4n) is 3.28. The predicted molar refractivity (Wildman–Crippen MR) is 130 cm³/mol. The molecule has 1 atom stereocenters. The molecule has 9 heteroatoms. The van der Waals surface area contributed by atoms with Crippen molar-refractivity contribution in [1.29, 1.82) is 0 Å². The molecule has 0 aromatic heterocycles. The van der Waals surface area contributed by atoms with Crippen molar-refractivity contribution in [2.75, 3.05) is 6.61 Å². The van der Waals surface area contributed by atoms with Gasteiger partial charge in [-0.3, -0.25) is 9.59 Å². The summed E-state index contributed by atoms with van der Waals surface area (Å²) in [6, 6.07) is 20.9. The quantitative estimate of drug-likeness (QED) is 0.351. The van der Waals surface area contributed by atoms with Gasteiger partial charge in [0.15, 0.2) is 0 Å². The highest BCUT2D eigenvalue weighted by molar-refractivity contribution is 9.15. The van der Waals surface area contributed by atoms with Crippen LogP contribution in [-0.4, -0.2) is 29.6 Å². The van der Waals surface area contributed by atoms with Crippen LogP contribution in [0.15, 0.2) is 90.6 Å². The molecule has 0 bridgehead atoms. The lowest BCUT2D eigenvalue weighted by molar-refractivity contribution is -0.137. The SMILES string of the molecule is O=C(N[C@H](CO)Cc1ccccc1)/C(NC(=O)c1ccccc1)=C(/Br)c1cccc(C(F)(F)F)c1. The second-order valence-corrected chi connectivity index (χ2v) is 8.42. The molecule has 0 fully saturated rings. The number of alkyl halides is 3. The molecule has 0 aliphatic heterocycles. The minimum Gasteiger partial charge on any atom is -0.394 e. The normalized spacial score (nSPS) is 12.9. The Kier molecular flexibility index (Phi) is 8.84. The topological polar surface area (TPSA) is 78.4 Å². The smallest absolute Gasteiger partial charge is 0.394 e. The van der Waals surface area contributed by atoms with E-state index in [0.29, 0.717) is 6.42 Å². The van der Waals surface area contributed by atoms with Crippen molar-refractivity contribution >= 4 is 32.2 Å². The van der Waals surface area contributed by atoms with E-state index in [4.69, 9.17) is 0 Å². The first-order valence-electron chi connectivity index (χ1n) is 10.6. The minimum atomic E-state index is -4.59. The first-order valence-corrected chi connectivity index (χ1v) is 11.4. The van der Waals surface area contributed by atoms with Crippen LogP contribution in [0.1, 0.15) is 27.0 Å². The van der Waals surface area contributed by atoms with Gasteiger partial charge in [0, 0.05) is 5.56 Å². The van der Waals surface area contributed by atoms with E-state index in [0.717, 1.165) is 17.7 Å². The molecule has 5 nitrogen and oxygen atoms in total. The molecule has 2 amide bonds. The Balaban J connectivity index is 1.95. The fourth-order valence-corrected chi connectivity index (χ4v) is 3.81. The monoisotopic (exact) mass is 546 g/mol. The van der Waals surface area contributed by atoms with Crippen LogP contribution >= 0.6 is 15.9 Å². The summed E-state index contributed by atoms with van der Waals surface area (Å²) in [5, 5.41) is 15.0. The van der Waals surface area contributed by atoms with E-state index in [9.17, 15) is 27.9 Å². The summed E-state index contributed by atoms with van der Waals surface area (Å²) >= 11 is 3.21. The van der Waals surface area contributed by atoms with Crippen molar-refractivity contribution < 1.29 is 27.9 Å². The van der Waals surface area contributed by atoms with Gasteiger partial charge in [0.05, 0.1) is 22.7 Å². The summed E-state index contributed by atoms with van der Waals surface area (Å²) in [7, 11) is 0. The van der Waals surface area contributed by atoms with Crippen molar-refractivity contribution in [1.82, 2.24) is 10.6 Å². The zero-order chi connectivity index (χ0) is 25.4. The number of carbonyl (C=O) groups is 2. The van der Waals surface area contributed by atoms with Gasteiger partial charge in [0.2, 0.25) is 0 Å². The maximum absolute atomic E-state index is 13.2. The molecular formula is C26H22BrF3N2O3. The first-order chi connectivity index (χ1) is 16.7. The number of hydrogen-bond acceptors (Lipinski definition) is 3. The lowest BCUT2D eigenvalue weighted by Gasteiger charge is -2.19. The third kappa shape index (κ3) is 7.27. The standard InChI is InChI=1S/C26H22BrF3N2O3/c27-22(19-12-7-13-20(15-19)26(28,29)30)23(32-24(34)18-10-5-2-6-11-18)25(35)31-21(16-33)14-17-8-3-1-4-9-17/h1-13,15,21,33H,14,16H2,(H,31,35)(H,32,34)/b23-22-/t21-/m0/s1. The molecule has 3 N–H and O–H groups in total. The minimum absolute atomic E-state index is 0.0400. The van der Waals surface area contributed by atoms with Crippen LogP contribution in [0, 0.1) is 0 Å². The number of benzene rings is 3. The van der Waals surface area contributed by atoms with Crippen molar-refractivity contribution in [2.45, 2.75) is 18.6 Å². The molecule has 0 saturated heterocycles. The number of rotatable bonds is 8. The molecule has 0 saturated carbocycles. The Labute approximate surface area is 208 Å². The molecule has 0 radical (unpaired) electrons. The maximum Gasteiger partial charge on any atom is 0.416 e. The van der Waals surface area contributed by atoms with Gasteiger partial charge >= 0.3 is 6.18 Å². The number of nitrogens with one attached hydrogen (secondary N) is 2. The molecule has 3 rings (SSSR count). The third-order valence-electron chi connectivity index (χ3n) is 5.04. The van der Waals surface area contributed by atoms with E-state index >= 15 is 0 Å². The number of halogens is 4. The molecule has 35 heavy (non-hydrogen) atoms. The first kappa shape index (κ1) is 26.2. The molecule has 0 unspecified atom stereocenters. The average Bonchev–Trinajstić information content (AvgIpc) is 2.87. The van der Waals surface area contributed by atoms with Crippen LogP contribution in [0.4, 0.5) is 13.2 Å².